The lowest BCUT2D eigenvalue weighted by molar-refractivity contribution is -0.126. The van der Waals surface area contributed by atoms with Gasteiger partial charge in [0, 0.05) is 72.0 Å². The summed E-state index contributed by atoms with van der Waals surface area (Å²) >= 11 is 12.3. The van der Waals surface area contributed by atoms with E-state index in [9.17, 15) is 39.6 Å². The van der Waals surface area contributed by atoms with Gasteiger partial charge in [0.15, 0.2) is 34.6 Å². The largest absolute Gasteiger partial charge is 0.504 e. The summed E-state index contributed by atoms with van der Waals surface area (Å²) in [6.45, 7) is 1.22. The molecule has 2 aromatic carbocycles. The molecule has 0 spiro atoms. The number of rotatable bonds is 6. The van der Waals surface area contributed by atoms with Crippen molar-refractivity contribution in [2.45, 2.75) is 50.6 Å². The van der Waals surface area contributed by atoms with Crippen LogP contribution in [0, 0.1) is 23.7 Å². The van der Waals surface area contributed by atoms with Gasteiger partial charge in [-0.25, -0.2) is 0 Å². The number of nitrogens with zero attached hydrogens (tertiary/aromatic N) is 2. The lowest BCUT2D eigenvalue weighted by atomic mass is 9.72. The number of piperidine rings is 2. The van der Waals surface area contributed by atoms with E-state index >= 15 is 0 Å². The molecule has 2 aliphatic heterocycles. The standard InChI is InChI=1S/2C17H18ClNO4/c2*18-14-8-17(23)16(22)7-11(14)6-15-13-2-1-12(21)5-10(13)3-4-19(15)9-20/h2*1-2,7-10,13,15,22-23H,3-6H2/t10?,13?,15-;/m1./s1. The summed E-state index contributed by atoms with van der Waals surface area (Å²) in [7, 11) is 0. The quantitative estimate of drug-likeness (QED) is 0.257. The highest BCUT2D eigenvalue weighted by Crippen LogP contribution is 2.40. The Kier molecular flexibility index (Phi) is 10.3. The first kappa shape index (κ1) is 33.3. The van der Waals surface area contributed by atoms with Crippen molar-refractivity contribution in [2.75, 3.05) is 13.1 Å². The second-order valence-electron chi connectivity index (χ2n) is 12.4. The molecule has 2 amide bonds. The van der Waals surface area contributed by atoms with E-state index in [1.54, 1.807) is 22.0 Å². The maximum atomic E-state index is 11.6. The number of phenolic OH excluding ortho intramolecular Hbond substituents is 4. The zero-order valence-corrected chi connectivity index (χ0v) is 26.5. The van der Waals surface area contributed by atoms with Crippen molar-refractivity contribution in [3.8, 4) is 23.0 Å². The van der Waals surface area contributed by atoms with Gasteiger partial charge < -0.3 is 30.2 Å². The number of carbonyl (C=O) groups excluding carboxylic acids is 4. The molecule has 2 heterocycles. The molecule has 2 fully saturated rings. The summed E-state index contributed by atoms with van der Waals surface area (Å²) in [5.41, 5.74) is 1.34. The van der Waals surface area contributed by atoms with E-state index in [1.165, 1.54) is 24.3 Å². The van der Waals surface area contributed by atoms with Gasteiger partial charge >= 0.3 is 0 Å². The third-order valence-electron chi connectivity index (χ3n) is 9.70. The van der Waals surface area contributed by atoms with Crippen LogP contribution in [0.3, 0.4) is 0 Å². The first-order valence-electron chi connectivity index (χ1n) is 15.2. The molecular weight excluding hydrogens is 635 g/mol. The Balaban J connectivity index is 0.000000181. The normalized spacial score (nSPS) is 26.9. The third kappa shape index (κ3) is 7.18. The fraction of sp³-hybridized carbons (Fsp3) is 0.412. The highest BCUT2D eigenvalue weighted by atomic mass is 35.5. The number of likely N-dealkylation sites (tertiary alicyclic amines) is 2. The van der Waals surface area contributed by atoms with E-state index in [4.69, 9.17) is 23.2 Å². The molecule has 2 aliphatic carbocycles. The Bertz CT molecular complexity index is 1460. The summed E-state index contributed by atoms with van der Waals surface area (Å²) in [5, 5.41) is 39.1. The Morgan fingerprint density at radius 1 is 0.652 bits per heavy atom. The highest BCUT2D eigenvalue weighted by molar-refractivity contribution is 6.32. The first-order valence-corrected chi connectivity index (χ1v) is 16.0. The molecule has 2 saturated heterocycles. The van der Waals surface area contributed by atoms with Crippen LogP contribution in [-0.2, 0) is 32.0 Å². The van der Waals surface area contributed by atoms with Crippen LogP contribution in [0.25, 0.3) is 0 Å². The summed E-state index contributed by atoms with van der Waals surface area (Å²) in [6.07, 6.45) is 12.2. The smallest absolute Gasteiger partial charge is 0.209 e. The van der Waals surface area contributed by atoms with Crippen molar-refractivity contribution in [2.24, 2.45) is 23.7 Å². The third-order valence-corrected chi connectivity index (χ3v) is 10.4. The maximum Gasteiger partial charge on any atom is 0.209 e. The van der Waals surface area contributed by atoms with Crippen LogP contribution in [0.2, 0.25) is 10.0 Å². The lowest BCUT2D eigenvalue weighted by Crippen LogP contribution is -2.50. The summed E-state index contributed by atoms with van der Waals surface area (Å²) in [5.74, 6) is -0.0812. The van der Waals surface area contributed by atoms with Crippen LogP contribution in [0.5, 0.6) is 23.0 Å². The van der Waals surface area contributed by atoms with Gasteiger partial charge in [0.05, 0.1) is 0 Å². The predicted octanol–water partition coefficient (Wildman–Crippen LogP) is 4.57. The van der Waals surface area contributed by atoms with E-state index in [1.807, 2.05) is 12.2 Å². The van der Waals surface area contributed by atoms with E-state index in [0.29, 0.717) is 59.9 Å². The van der Waals surface area contributed by atoms with Gasteiger partial charge in [0.2, 0.25) is 12.8 Å². The van der Waals surface area contributed by atoms with E-state index in [-0.39, 0.29) is 70.3 Å². The molecule has 0 aromatic heterocycles. The highest BCUT2D eigenvalue weighted by Gasteiger charge is 2.40. The number of allylic oxidation sites excluding steroid dienone is 2. The van der Waals surface area contributed by atoms with Crippen LogP contribution >= 0.6 is 23.2 Å². The number of halogens is 2. The molecule has 0 bridgehead atoms. The van der Waals surface area contributed by atoms with Crippen molar-refractivity contribution in [3.05, 3.63) is 69.7 Å². The molecule has 0 saturated carbocycles. The fourth-order valence-corrected chi connectivity index (χ4v) is 7.74. The zero-order valence-electron chi connectivity index (χ0n) is 25.0. The second-order valence-corrected chi connectivity index (χ2v) is 13.2. The number of ketones is 2. The van der Waals surface area contributed by atoms with Crippen molar-refractivity contribution in [1.82, 2.24) is 9.80 Å². The lowest BCUT2D eigenvalue weighted by Gasteiger charge is -2.44. The number of hydrogen-bond donors (Lipinski definition) is 4. The van der Waals surface area contributed by atoms with Crippen molar-refractivity contribution in [1.29, 1.82) is 0 Å². The van der Waals surface area contributed by atoms with Crippen molar-refractivity contribution >= 4 is 47.6 Å². The van der Waals surface area contributed by atoms with Crippen molar-refractivity contribution < 1.29 is 39.6 Å². The predicted molar refractivity (Wildman–Crippen MR) is 171 cm³/mol. The van der Waals surface area contributed by atoms with Crippen LogP contribution in [0.15, 0.2) is 48.6 Å². The second kappa shape index (κ2) is 14.2. The topological polar surface area (TPSA) is 156 Å². The van der Waals surface area contributed by atoms with Gasteiger partial charge in [-0.1, -0.05) is 35.4 Å². The molecule has 10 nitrogen and oxygen atoms in total. The molecule has 4 aliphatic rings. The van der Waals surface area contributed by atoms with Gasteiger partial charge in [-0.05, 0) is 72.9 Å². The summed E-state index contributed by atoms with van der Waals surface area (Å²) in [6, 6.07) is 5.24. The van der Waals surface area contributed by atoms with Crippen LogP contribution in [0.4, 0.5) is 0 Å². The summed E-state index contributed by atoms with van der Waals surface area (Å²) < 4.78 is 0. The van der Waals surface area contributed by atoms with E-state index in [0.717, 1.165) is 25.7 Å². The molecule has 4 N–H and O–H groups in total. The molecule has 6 rings (SSSR count). The Hall–Kier alpha value is -4.02. The molecule has 6 atom stereocenters. The number of hydrogen-bond acceptors (Lipinski definition) is 8. The van der Waals surface area contributed by atoms with Crippen LogP contribution < -0.4 is 0 Å². The average Bonchev–Trinajstić information content (AvgIpc) is 3.02. The van der Waals surface area contributed by atoms with Gasteiger partial charge in [-0.3, -0.25) is 19.2 Å². The SMILES string of the molecule is O=CN1CCC2CC(=O)C=CC2C1Cc1cc(O)c(O)cc1Cl.O=CN1CCC2CC(=O)C=CC2[C@H]1Cc1cc(O)c(O)cc1Cl. The Morgan fingerprint density at radius 3 is 1.39 bits per heavy atom. The minimum atomic E-state index is -0.268. The number of amides is 2. The Labute approximate surface area is 276 Å². The number of phenols is 4. The Morgan fingerprint density at radius 2 is 1.02 bits per heavy atom. The molecule has 5 unspecified atom stereocenters. The maximum absolute atomic E-state index is 11.6. The zero-order chi connectivity index (χ0) is 33.1. The minimum Gasteiger partial charge on any atom is -0.504 e. The minimum absolute atomic E-state index is 0.0960. The fourth-order valence-electron chi connectivity index (χ4n) is 7.27. The van der Waals surface area contributed by atoms with Crippen LogP contribution in [-0.4, -0.2) is 79.8 Å². The molecule has 12 heteroatoms. The van der Waals surface area contributed by atoms with E-state index < -0.39 is 0 Å². The molecular formula is C34H36Cl2N2O8. The number of benzene rings is 2. The van der Waals surface area contributed by atoms with Gasteiger partial charge in [0.1, 0.15) is 0 Å². The number of aromatic hydroxyl groups is 4. The van der Waals surface area contributed by atoms with Crippen LogP contribution in [0.1, 0.15) is 36.8 Å². The average molecular weight is 672 g/mol. The molecule has 46 heavy (non-hydrogen) atoms. The number of fused-ring (bicyclic) bond motifs is 2. The van der Waals surface area contributed by atoms with Crippen molar-refractivity contribution in [3.63, 3.8) is 0 Å². The molecule has 244 valence electrons. The van der Waals surface area contributed by atoms with E-state index in [2.05, 4.69) is 0 Å². The van der Waals surface area contributed by atoms with Gasteiger partial charge in [-0.15, -0.1) is 0 Å². The number of carbonyl (C=O) groups is 4. The van der Waals surface area contributed by atoms with Gasteiger partial charge in [0.25, 0.3) is 0 Å². The molecule has 2 aromatic rings. The summed E-state index contributed by atoms with van der Waals surface area (Å²) in [4.78, 5) is 49.5. The first-order chi connectivity index (χ1) is 22.0. The van der Waals surface area contributed by atoms with Gasteiger partial charge in [-0.2, -0.15) is 0 Å². The monoisotopic (exact) mass is 670 g/mol. The molecule has 0 radical (unpaired) electrons.